The molecule has 0 bridgehead atoms. The fourth-order valence-electron chi connectivity index (χ4n) is 2.00. The molecule has 1 aromatic heterocycles. The predicted octanol–water partition coefficient (Wildman–Crippen LogP) is 3.04. The van der Waals surface area contributed by atoms with Crippen molar-refractivity contribution < 1.29 is 4.79 Å². The van der Waals surface area contributed by atoms with Gasteiger partial charge in [-0.1, -0.05) is 24.3 Å². The molecule has 0 aliphatic rings. The van der Waals surface area contributed by atoms with Crippen LogP contribution in [0, 0.1) is 6.92 Å². The van der Waals surface area contributed by atoms with Crippen molar-refractivity contribution in [3.63, 3.8) is 0 Å². The third kappa shape index (κ3) is 4.15. The standard InChI is InChI=1S/C15H19N3OS/c1-11-6-4-5-7-13(11)8-18(3)9-14-10-20-15(17-14)16-12(2)19/h4-7,10H,8-9H2,1-3H3,(H,16,17,19). The van der Waals surface area contributed by atoms with Crippen molar-refractivity contribution in [3.05, 3.63) is 46.5 Å². The molecule has 2 aromatic rings. The van der Waals surface area contributed by atoms with E-state index in [-0.39, 0.29) is 5.91 Å². The number of nitrogens with one attached hydrogen (secondary N) is 1. The lowest BCUT2D eigenvalue weighted by Gasteiger charge is -2.16. The van der Waals surface area contributed by atoms with E-state index in [2.05, 4.69) is 53.4 Å². The monoisotopic (exact) mass is 289 g/mol. The summed E-state index contributed by atoms with van der Waals surface area (Å²) >= 11 is 1.46. The smallest absolute Gasteiger partial charge is 0.223 e. The summed E-state index contributed by atoms with van der Waals surface area (Å²) in [5.74, 6) is -0.0841. The summed E-state index contributed by atoms with van der Waals surface area (Å²) in [7, 11) is 2.07. The Bertz CT molecular complexity index is 594. The normalized spacial score (nSPS) is 10.8. The minimum atomic E-state index is -0.0841. The fourth-order valence-corrected chi connectivity index (χ4v) is 2.75. The zero-order valence-corrected chi connectivity index (χ0v) is 12.8. The average molecular weight is 289 g/mol. The molecule has 1 N–H and O–H groups in total. The van der Waals surface area contributed by atoms with Crippen LogP contribution in [0.2, 0.25) is 0 Å². The van der Waals surface area contributed by atoms with Crippen molar-refractivity contribution >= 4 is 22.4 Å². The molecule has 0 atom stereocenters. The third-order valence-electron chi connectivity index (χ3n) is 2.97. The number of benzene rings is 1. The molecule has 2 rings (SSSR count). The van der Waals surface area contributed by atoms with Crippen LogP contribution < -0.4 is 5.32 Å². The second-order valence-corrected chi connectivity index (χ2v) is 5.78. The maximum Gasteiger partial charge on any atom is 0.223 e. The highest BCUT2D eigenvalue weighted by Gasteiger charge is 2.07. The summed E-state index contributed by atoms with van der Waals surface area (Å²) in [5.41, 5.74) is 3.61. The van der Waals surface area contributed by atoms with Crippen molar-refractivity contribution in [1.29, 1.82) is 0 Å². The second kappa shape index (κ2) is 6.63. The van der Waals surface area contributed by atoms with Crippen LogP contribution in [-0.2, 0) is 17.9 Å². The third-order valence-corrected chi connectivity index (χ3v) is 3.77. The predicted molar refractivity (Wildman–Crippen MR) is 82.8 cm³/mol. The van der Waals surface area contributed by atoms with Gasteiger partial charge in [0.2, 0.25) is 5.91 Å². The molecule has 1 heterocycles. The first-order valence-corrected chi connectivity index (χ1v) is 7.37. The van der Waals surface area contributed by atoms with Crippen molar-refractivity contribution in [2.24, 2.45) is 0 Å². The van der Waals surface area contributed by atoms with E-state index in [0.29, 0.717) is 5.13 Å². The van der Waals surface area contributed by atoms with Gasteiger partial charge >= 0.3 is 0 Å². The Morgan fingerprint density at radius 2 is 2.10 bits per heavy atom. The molecule has 0 fully saturated rings. The Balaban J connectivity index is 1.94. The van der Waals surface area contributed by atoms with Crippen molar-refractivity contribution in [1.82, 2.24) is 9.88 Å². The number of thiazole rings is 1. The highest BCUT2D eigenvalue weighted by atomic mass is 32.1. The van der Waals surface area contributed by atoms with Gasteiger partial charge in [-0.25, -0.2) is 4.98 Å². The number of rotatable bonds is 5. The first kappa shape index (κ1) is 14.7. The summed E-state index contributed by atoms with van der Waals surface area (Å²) < 4.78 is 0. The average Bonchev–Trinajstić information content (AvgIpc) is 2.78. The minimum absolute atomic E-state index is 0.0841. The van der Waals surface area contributed by atoms with Crippen LogP contribution in [0.4, 0.5) is 5.13 Å². The first-order valence-electron chi connectivity index (χ1n) is 6.49. The number of aromatic nitrogens is 1. The Labute approximate surface area is 123 Å². The van der Waals surface area contributed by atoms with Crippen molar-refractivity contribution in [2.75, 3.05) is 12.4 Å². The van der Waals surface area contributed by atoms with Crippen LogP contribution >= 0.6 is 11.3 Å². The van der Waals surface area contributed by atoms with Crippen LogP contribution in [-0.4, -0.2) is 22.8 Å². The molecule has 0 unspecified atom stereocenters. The molecule has 4 nitrogen and oxygen atoms in total. The number of carbonyl (C=O) groups is 1. The summed E-state index contributed by atoms with van der Waals surface area (Å²) in [5, 5.41) is 5.36. The van der Waals surface area contributed by atoms with Gasteiger partial charge in [-0.3, -0.25) is 9.69 Å². The molecular formula is C15H19N3OS. The molecule has 0 spiro atoms. The molecule has 5 heteroatoms. The molecule has 1 aromatic carbocycles. The largest absolute Gasteiger partial charge is 0.302 e. The van der Waals surface area contributed by atoms with E-state index < -0.39 is 0 Å². The topological polar surface area (TPSA) is 45.2 Å². The van der Waals surface area contributed by atoms with Gasteiger partial charge in [0.05, 0.1) is 5.69 Å². The summed E-state index contributed by atoms with van der Waals surface area (Å²) in [6.45, 7) is 5.27. The molecule has 0 aliphatic heterocycles. The quantitative estimate of drug-likeness (QED) is 0.920. The van der Waals surface area contributed by atoms with Crippen LogP contribution in [0.25, 0.3) is 0 Å². The Morgan fingerprint density at radius 3 is 2.80 bits per heavy atom. The first-order chi connectivity index (χ1) is 9.54. The van der Waals surface area contributed by atoms with Gasteiger partial charge < -0.3 is 5.32 Å². The molecule has 20 heavy (non-hydrogen) atoms. The van der Waals surface area contributed by atoms with E-state index in [1.165, 1.54) is 29.4 Å². The van der Waals surface area contributed by atoms with Gasteiger partial charge in [0.15, 0.2) is 5.13 Å². The van der Waals surface area contributed by atoms with Crippen LogP contribution in [0.5, 0.6) is 0 Å². The van der Waals surface area contributed by atoms with E-state index in [0.717, 1.165) is 18.8 Å². The maximum atomic E-state index is 11.0. The van der Waals surface area contributed by atoms with Gasteiger partial charge in [-0.15, -0.1) is 11.3 Å². The number of nitrogens with zero attached hydrogens (tertiary/aromatic N) is 2. The molecule has 1 amide bonds. The maximum absolute atomic E-state index is 11.0. The zero-order valence-electron chi connectivity index (χ0n) is 12.0. The Hall–Kier alpha value is -1.72. The van der Waals surface area contributed by atoms with Crippen LogP contribution in [0.1, 0.15) is 23.7 Å². The van der Waals surface area contributed by atoms with E-state index >= 15 is 0 Å². The van der Waals surface area contributed by atoms with E-state index in [9.17, 15) is 4.79 Å². The lowest BCUT2D eigenvalue weighted by atomic mass is 10.1. The lowest BCUT2D eigenvalue weighted by Crippen LogP contribution is -2.18. The summed E-state index contributed by atoms with van der Waals surface area (Å²) in [4.78, 5) is 17.6. The molecule has 0 radical (unpaired) electrons. The van der Waals surface area contributed by atoms with Crippen LogP contribution in [0.3, 0.4) is 0 Å². The number of hydrogen-bond donors (Lipinski definition) is 1. The SMILES string of the molecule is CC(=O)Nc1nc(CN(C)Cc2ccccc2C)cs1. The van der Waals surface area contributed by atoms with Gasteiger partial charge in [0, 0.05) is 25.4 Å². The van der Waals surface area contributed by atoms with Crippen LogP contribution in [0.15, 0.2) is 29.6 Å². The summed E-state index contributed by atoms with van der Waals surface area (Å²) in [6, 6.07) is 8.39. The summed E-state index contributed by atoms with van der Waals surface area (Å²) in [6.07, 6.45) is 0. The van der Waals surface area contributed by atoms with E-state index in [4.69, 9.17) is 0 Å². The number of anilines is 1. The van der Waals surface area contributed by atoms with Crippen molar-refractivity contribution in [3.8, 4) is 0 Å². The van der Waals surface area contributed by atoms with Gasteiger partial charge in [-0.05, 0) is 25.1 Å². The fraction of sp³-hybridized carbons (Fsp3) is 0.333. The number of aryl methyl sites for hydroxylation is 1. The van der Waals surface area contributed by atoms with Crippen molar-refractivity contribution in [2.45, 2.75) is 26.9 Å². The number of hydrogen-bond acceptors (Lipinski definition) is 4. The minimum Gasteiger partial charge on any atom is -0.302 e. The highest BCUT2D eigenvalue weighted by molar-refractivity contribution is 7.13. The molecule has 0 saturated heterocycles. The van der Waals surface area contributed by atoms with E-state index in [1.54, 1.807) is 0 Å². The van der Waals surface area contributed by atoms with Gasteiger partial charge in [-0.2, -0.15) is 0 Å². The van der Waals surface area contributed by atoms with Gasteiger partial charge in [0.25, 0.3) is 0 Å². The Morgan fingerprint density at radius 1 is 1.35 bits per heavy atom. The Kier molecular flexibility index (Phi) is 4.87. The molecule has 0 saturated carbocycles. The lowest BCUT2D eigenvalue weighted by molar-refractivity contribution is -0.114. The molecule has 0 aliphatic carbocycles. The number of amides is 1. The molecular weight excluding hydrogens is 270 g/mol. The second-order valence-electron chi connectivity index (χ2n) is 4.92. The van der Waals surface area contributed by atoms with Gasteiger partial charge in [0.1, 0.15) is 0 Å². The number of carbonyl (C=O) groups excluding carboxylic acids is 1. The zero-order chi connectivity index (χ0) is 14.5. The van der Waals surface area contributed by atoms with E-state index in [1.807, 2.05) is 5.38 Å². The highest BCUT2D eigenvalue weighted by Crippen LogP contribution is 2.17. The molecule has 106 valence electrons.